The lowest BCUT2D eigenvalue weighted by molar-refractivity contribution is -0.138. The predicted octanol–water partition coefficient (Wildman–Crippen LogP) is 6.11. The van der Waals surface area contributed by atoms with Gasteiger partial charge in [-0.1, -0.05) is 55.1 Å². The van der Waals surface area contributed by atoms with Crippen molar-refractivity contribution in [3.8, 4) is 16.9 Å². The molecule has 5 rings (SSSR count). The highest BCUT2D eigenvalue weighted by molar-refractivity contribution is 6.30. The van der Waals surface area contributed by atoms with Crippen LogP contribution in [0.4, 0.5) is 4.39 Å². The van der Waals surface area contributed by atoms with Gasteiger partial charge in [-0.05, 0) is 55.7 Å². The molecule has 2 heterocycles. The summed E-state index contributed by atoms with van der Waals surface area (Å²) in [5, 5.41) is 0.608. The van der Waals surface area contributed by atoms with E-state index in [1.165, 1.54) is 12.5 Å². The Morgan fingerprint density at radius 2 is 1.53 bits per heavy atom. The van der Waals surface area contributed by atoms with Gasteiger partial charge < -0.3 is 14.4 Å². The Morgan fingerprint density at radius 3 is 2.19 bits per heavy atom. The normalized spacial score (nSPS) is 16.9. The van der Waals surface area contributed by atoms with Crippen molar-refractivity contribution in [2.45, 2.75) is 39.0 Å². The molecule has 0 bridgehead atoms. The van der Waals surface area contributed by atoms with Crippen molar-refractivity contribution in [1.29, 1.82) is 0 Å². The van der Waals surface area contributed by atoms with E-state index in [1.54, 1.807) is 34.9 Å². The van der Waals surface area contributed by atoms with Crippen LogP contribution in [0.25, 0.3) is 16.9 Å². The van der Waals surface area contributed by atoms with E-state index in [4.69, 9.17) is 11.6 Å². The van der Waals surface area contributed by atoms with E-state index in [-0.39, 0.29) is 23.5 Å². The summed E-state index contributed by atoms with van der Waals surface area (Å²) >= 11 is 6.10. The van der Waals surface area contributed by atoms with Crippen LogP contribution in [0.3, 0.4) is 0 Å². The van der Waals surface area contributed by atoms with Gasteiger partial charge >= 0.3 is 0 Å². The highest BCUT2D eigenvalue weighted by atomic mass is 35.5. The lowest BCUT2D eigenvalue weighted by Gasteiger charge is -2.37. The number of hydrogen-bond acceptors (Lipinski definition) is 2. The van der Waals surface area contributed by atoms with Crippen molar-refractivity contribution in [3.63, 3.8) is 0 Å². The van der Waals surface area contributed by atoms with Crippen LogP contribution >= 0.6 is 11.6 Å². The average molecular weight is 508 g/mol. The fraction of sp³-hybridized carbons (Fsp3) is 0.379. The molecule has 1 saturated carbocycles. The first-order chi connectivity index (χ1) is 17.4. The minimum absolute atomic E-state index is 0.0948. The minimum Gasteiger partial charge on any atom is -0.339 e. The molecule has 1 aliphatic heterocycles. The zero-order valence-corrected chi connectivity index (χ0v) is 21.3. The highest BCUT2D eigenvalue weighted by Crippen LogP contribution is 2.32. The van der Waals surface area contributed by atoms with Crippen LogP contribution in [-0.4, -0.2) is 52.4 Å². The summed E-state index contributed by atoms with van der Waals surface area (Å²) < 4.78 is 16.7. The van der Waals surface area contributed by atoms with Crippen LogP contribution in [0, 0.1) is 18.7 Å². The Bertz CT molecular complexity index is 1260. The average Bonchev–Trinajstić information content (AvgIpc) is 3.25. The molecule has 3 aromatic rings. The van der Waals surface area contributed by atoms with E-state index >= 15 is 0 Å². The topological polar surface area (TPSA) is 45.6 Å². The molecule has 2 amide bonds. The number of nitrogens with zero attached hydrogens (tertiary/aromatic N) is 3. The molecular weight excluding hydrogens is 477 g/mol. The molecule has 0 spiro atoms. The van der Waals surface area contributed by atoms with E-state index in [0.29, 0.717) is 48.1 Å². The molecule has 36 heavy (non-hydrogen) atoms. The highest BCUT2D eigenvalue weighted by Gasteiger charge is 2.31. The summed E-state index contributed by atoms with van der Waals surface area (Å²) in [5.74, 6) is -0.0727. The van der Waals surface area contributed by atoms with Crippen LogP contribution < -0.4 is 0 Å². The summed E-state index contributed by atoms with van der Waals surface area (Å²) in [6, 6.07) is 15.7. The molecule has 2 aromatic carbocycles. The van der Waals surface area contributed by atoms with Gasteiger partial charge in [0.25, 0.3) is 5.91 Å². The third kappa shape index (κ3) is 4.79. The number of halogens is 2. The molecule has 7 heteroatoms. The molecule has 1 aromatic heterocycles. The quantitative estimate of drug-likeness (QED) is 0.427. The van der Waals surface area contributed by atoms with Gasteiger partial charge in [0.05, 0.1) is 16.9 Å². The Labute approximate surface area is 216 Å². The van der Waals surface area contributed by atoms with E-state index < -0.39 is 0 Å². The summed E-state index contributed by atoms with van der Waals surface area (Å²) in [6.07, 6.45) is 5.44. The molecule has 2 fully saturated rings. The summed E-state index contributed by atoms with van der Waals surface area (Å²) in [6.45, 7) is 3.95. The number of piperazine rings is 1. The maximum atomic E-state index is 14.9. The molecule has 1 saturated heterocycles. The zero-order valence-electron chi connectivity index (χ0n) is 20.6. The molecule has 5 nitrogen and oxygen atoms in total. The first-order valence-corrected chi connectivity index (χ1v) is 13.1. The predicted molar refractivity (Wildman–Crippen MR) is 140 cm³/mol. The molecule has 0 unspecified atom stereocenters. The maximum Gasteiger partial charge on any atom is 0.255 e. The third-order valence-corrected chi connectivity index (χ3v) is 7.80. The second-order valence-corrected chi connectivity index (χ2v) is 10.2. The fourth-order valence-electron chi connectivity index (χ4n) is 5.51. The Balaban J connectivity index is 1.41. The van der Waals surface area contributed by atoms with Crippen molar-refractivity contribution >= 4 is 23.4 Å². The molecule has 0 N–H and O–H groups in total. The molecule has 0 radical (unpaired) electrons. The first-order valence-electron chi connectivity index (χ1n) is 12.8. The number of amides is 2. The van der Waals surface area contributed by atoms with Crippen molar-refractivity contribution in [1.82, 2.24) is 14.4 Å². The fourth-order valence-corrected chi connectivity index (χ4v) is 5.63. The summed E-state index contributed by atoms with van der Waals surface area (Å²) in [7, 11) is 0. The smallest absolute Gasteiger partial charge is 0.255 e. The zero-order chi connectivity index (χ0) is 25.2. The van der Waals surface area contributed by atoms with Crippen LogP contribution in [0.5, 0.6) is 0 Å². The lowest BCUT2D eigenvalue weighted by Crippen LogP contribution is -2.52. The number of para-hydroxylation sites is 1. The number of carbonyl (C=O) groups is 2. The van der Waals surface area contributed by atoms with Gasteiger partial charge in [0, 0.05) is 42.8 Å². The largest absolute Gasteiger partial charge is 0.339 e. The van der Waals surface area contributed by atoms with Gasteiger partial charge in [-0.3, -0.25) is 9.59 Å². The van der Waals surface area contributed by atoms with Crippen molar-refractivity contribution < 1.29 is 14.0 Å². The minimum atomic E-state index is -0.361. The van der Waals surface area contributed by atoms with Gasteiger partial charge in [-0.25, -0.2) is 4.39 Å². The van der Waals surface area contributed by atoms with Crippen LogP contribution in [-0.2, 0) is 4.79 Å². The van der Waals surface area contributed by atoms with Gasteiger partial charge in [-0.2, -0.15) is 0 Å². The van der Waals surface area contributed by atoms with Crippen LogP contribution in [0.2, 0.25) is 5.02 Å². The maximum absolute atomic E-state index is 14.9. The monoisotopic (exact) mass is 507 g/mol. The lowest BCUT2D eigenvalue weighted by atomic mass is 9.88. The molecular formula is C29H31ClFN3O2. The molecule has 188 valence electrons. The second-order valence-electron chi connectivity index (χ2n) is 9.77. The number of carbonyl (C=O) groups excluding carboxylic acids is 2. The van der Waals surface area contributed by atoms with Crippen molar-refractivity contribution in [2.75, 3.05) is 26.2 Å². The Kier molecular flexibility index (Phi) is 7.15. The van der Waals surface area contributed by atoms with E-state index in [0.717, 1.165) is 36.9 Å². The third-order valence-electron chi connectivity index (χ3n) is 7.54. The van der Waals surface area contributed by atoms with Crippen LogP contribution in [0.1, 0.15) is 48.2 Å². The van der Waals surface area contributed by atoms with Gasteiger partial charge in [0.2, 0.25) is 5.91 Å². The summed E-state index contributed by atoms with van der Waals surface area (Å²) in [4.78, 5) is 30.3. The van der Waals surface area contributed by atoms with E-state index in [2.05, 4.69) is 0 Å². The van der Waals surface area contributed by atoms with Gasteiger partial charge in [-0.15, -0.1) is 0 Å². The van der Waals surface area contributed by atoms with Crippen molar-refractivity contribution in [2.24, 2.45) is 5.92 Å². The molecule has 1 aliphatic carbocycles. The first kappa shape index (κ1) is 24.6. The van der Waals surface area contributed by atoms with Gasteiger partial charge in [0.1, 0.15) is 5.82 Å². The van der Waals surface area contributed by atoms with Gasteiger partial charge in [0.15, 0.2) is 0 Å². The standard InChI is InChI=1S/C29H31ClFN3O2/c1-20-24(29(36)33-17-15-32(16-18-33)28(35)22-7-3-2-4-8-22)19-27(21-11-13-23(30)14-12-21)34(20)26-10-6-5-9-25(26)31/h5-6,9-14,19,22H,2-4,7-8,15-18H2,1H3. The summed E-state index contributed by atoms with van der Waals surface area (Å²) in [5.41, 5.74) is 3.17. The number of aromatic nitrogens is 1. The van der Waals surface area contributed by atoms with E-state index in [1.807, 2.05) is 34.9 Å². The Morgan fingerprint density at radius 1 is 0.889 bits per heavy atom. The number of rotatable bonds is 4. The van der Waals surface area contributed by atoms with Crippen LogP contribution in [0.15, 0.2) is 54.6 Å². The molecule has 2 aliphatic rings. The van der Waals surface area contributed by atoms with E-state index in [9.17, 15) is 14.0 Å². The Hall–Kier alpha value is -3.12. The SMILES string of the molecule is Cc1c(C(=O)N2CCN(C(=O)C3CCCCC3)CC2)cc(-c2ccc(Cl)cc2)n1-c1ccccc1F. The second kappa shape index (κ2) is 10.5. The molecule has 0 atom stereocenters. The van der Waals surface area contributed by atoms with Crippen molar-refractivity contribution in [3.05, 3.63) is 76.7 Å². The number of hydrogen-bond donors (Lipinski definition) is 0. The number of benzene rings is 2.